The summed E-state index contributed by atoms with van der Waals surface area (Å²) in [4.78, 5) is 12.8. The Labute approximate surface area is 196 Å². The molecule has 1 saturated heterocycles. The van der Waals surface area contributed by atoms with Gasteiger partial charge in [-0.1, -0.05) is 60.7 Å². The van der Waals surface area contributed by atoms with Gasteiger partial charge < -0.3 is 10.5 Å². The molecular formula is C25H22N2O4S2. The Morgan fingerprint density at radius 1 is 0.939 bits per heavy atom. The van der Waals surface area contributed by atoms with E-state index < -0.39 is 22.0 Å². The molecule has 3 aromatic carbocycles. The first-order chi connectivity index (χ1) is 15.9. The number of carbonyl (C=O) groups excluding carboxylic acids is 1. The molecule has 0 bridgehead atoms. The van der Waals surface area contributed by atoms with Gasteiger partial charge in [-0.05, 0) is 34.7 Å². The Balaban J connectivity index is 1.45. The number of hydrogen-bond acceptors (Lipinski definition) is 5. The highest BCUT2D eigenvalue weighted by atomic mass is 32.2. The zero-order valence-electron chi connectivity index (χ0n) is 17.7. The van der Waals surface area contributed by atoms with Crippen molar-refractivity contribution in [3.05, 3.63) is 89.3 Å². The maximum absolute atomic E-state index is 13.4. The summed E-state index contributed by atoms with van der Waals surface area (Å²) in [7, 11) is -3.73. The van der Waals surface area contributed by atoms with Crippen molar-refractivity contribution in [2.24, 2.45) is 5.73 Å². The molecule has 2 N–H and O–H groups in total. The maximum Gasteiger partial charge on any atom is 0.259 e. The quantitative estimate of drug-likeness (QED) is 0.460. The summed E-state index contributed by atoms with van der Waals surface area (Å²) < 4.78 is 35.1. The Hall–Kier alpha value is -3.04. The summed E-state index contributed by atoms with van der Waals surface area (Å²) in [5, 5.41) is 0.868. The number of fused-ring (bicyclic) bond motifs is 1. The van der Waals surface area contributed by atoms with E-state index in [2.05, 4.69) is 0 Å². The fourth-order valence-electron chi connectivity index (χ4n) is 4.19. The number of thiophene rings is 1. The maximum atomic E-state index is 13.4. The van der Waals surface area contributed by atoms with Gasteiger partial charge in [0.15, 0.2) is 0 Å². The number of sulfonamides is 1. The van der Waals surface area contributed by atoms with Crippen molar-refractivity contribution in [2.45, 2.75) is 11.0 Å². The Morgan fingerprint density at radius 2 is 1.61 bits per heavy atom. The molecule has 168 valence electrons. The number of nitrogens with zero attached hydrogens (tertiary/aromatic N) is 1. The van der Waals surface area contributed by atoms with Crippen LogP contribution in [0.15, 0.2) is 83.8 Å². The number of morpholine rings is 1. The summed E-state index contributed by atoms with van der Waals surface area (Å²) in [5.74, 6) is -0.536. The van der Waals surface area contributed by atoms with Crippen LogP contribution in [0.5, 0.6) is 0 Å². The molecule has 1 amide bonds. The van der Waals surface area contributed by atoms with Crippen LogP contribution >= 0.6 is 11.3 Å². The highest BCUT2D eigenvalue weighted by Crippen LogP contribution is 2.38. The van der Waals surface area contributed by atoms with Crippen molar-refractivity contribution in [3.8, 4) is 11.1 Å². The largest absolute Gasteiger partial charge is 0.371 e. The van der Waals surface area contributed by atoms with Gasteiger partial charge >= 0.3 is 0 Å². The van der Waals surface area contributed by atoms with Crippen LogP contribution in [0.1, 0.15) is 21.3 Å². The van der Waals surface area contributed by atoms with E-state index in [4.69, 9.17) is 10.5 Å². The highest BCUT2D eigenvalue weighted by molar-refractivity contribution is 7.89. The number of nitrogens with two attached hydrogens (primary N) is 1. The van der Waals surface area contributed by atoms with Crippen molar-refractivity contribution >= 4 is 37.4 Å². The molecule has 1 atom stereocenters. The van der Waals surface area contributed by atoms with Crippen molar-refractivity contribution in [1.82, 2.24) is 4.31 Å². The van der Waals surface area contributed by atoms with Gasteiger partial charge in [-0.2, -0.15) is 4.31 Å². The minimum Gasteiger partial charge on any atom is -0.371 e. The minimum absolute atomic E-state index is 0.115. The molecule has 1 aliphatic rings. The fraction of sp³-hybridized carbons (Fsp3) is 0.160. The fourth-order valence-corrected chi connectivity index (χ4v) is 6.72. The van der Waals surface area contributed by atoms with Gasteiger partial charge in [0.2, 0.25) is 10.0 Å². The molecule has 1 aromatic heterocycles. The molecule has 8 heteroatoms. The molecule has 0 aliphatic carbocycles. The van der Waals surface area contributed by atoms with E-state index in [9.17, 15) is 13.2 Å². The number of amides is 1. The number of carbonyl (C=O) groups is 1. The van der Waals surface area contributed by atoms with Crippen LogP contribution in [0.25, 0.3) is 21.2 Å². The lowest BCUT2D eigenvalue weighted by Crippen LogP contribution is -2.42. The first kappa shape index (κ1) is 21.8. The van der Waals surface area contributed by atoms with Gasteiger partial charge in [0, 0.05) is 23.4 Å². The lowest BCUT2D eigenvalue weighted by molar-refractivity contribution is -0.00188. The molecule has 1 fully saturated rings. The Kier molecular flexibility index (Phi) is 5.76. The summed E-state index contributed by atoms with van der Waals surface area (Å²) in [6, 6.07) is 24.3. The molecule has 4 aromatic rings. The standard InChI is InChI=1S/C25H22N2O4S2/c26-25(28)24-23(20-8-4-5-9-22(20)32-24)21-16-27(14-15-31-21)33(29,30)19-12-10-18(11-13-19)17-6-2-1-3-7-17/h1-13,21H,14-16H2,(H2,26,28). The van der Waals surface area contributed by atoms with Gasteiger partial charge in [0.1, 0.15) is 0 Å². The highest BCUT2D eigenvalue weighted by Gasteiger charge is 2.34. The van der Waals surface area contributed by atoms with E-state index in [1.54, 1.807) is 12.1 Å². The molecule has 0 spiro atoms. The van der Waals surface area contributed by atoms with E-state index in [0.29, 0.717) is 10.4 Å². The van der Waals surface area contributed by atoms with E-state index in [1.165, 1.54) is 15.6 Å². The molecule has 0 radical (unpaired) electrons. The second-order valence-corrected chi connectivity index (χ2v) is 10.8. The number of hydrogen-bond donors (Lipinski definition) is 1. The average Bonchev–Trinajstić information content (AvgIpc) is 3.25. The number of benzene rings is 3. The van der Waals surface area contributed by atoms with Gasteiger partial charge in [-0.15, -0.1) is 11.3 Å². The number of rotatable bonds is 5. The van der Waals surface area contributed by atoms with Gasteiger partial charge in [-0.25, -0.2) is 8.42 Å². The molecule has 5 rings (SSSR count). The van der Waals surface area contributed by atoms with Crippen LogP contribution in [-0.4, -0.2) is 38.3 Å². The topological polar surface area (TPSA) is 89.7 Å². The second-order valence-electron chi connectivity index (χ2n) is 7.82. The van der Waals surface area contributed by atoms with E-state index in [-0.39, 0.29) is 24.6 Å². The third-order valence-corrected chi connectivity index (χ3v) is 8.89. The number of ether oxygens (including phenoxy) is 1. The molecule has 1 aliphatic heterocycles. The van der Waals surface area contributed by atoms with Crippen molar-refractivity contribution in [3.63, 3.8) is 0 Å². The first-order valence-electron chi connectivity index (χ1n) is 10.5. The zero-order chi connectivity index (χ0) is 23.0. The van der Waals surface area contributed by atoms with E-state index in [1.807, 2.05) is 66.7 Å². The summed E-state index contributed by atoms with van der Waals surface area (Å²) in [6.45, 7) is 0.589. The predicted octanol–water partition coefficient (Wildman–Crippen LogP) is 4.43. The Bertz CT molecular complexity index is 1410. The van der Waals surface area contributed by atoms with Gasteiger partial charge in [0.05, 0.1) is 22.5 Å². The lowest BCUT2D eigenvalue weighted by Gasteiger charge is -2.32. The molecule has 33 heavy (non-hydrogen) atoms. The SMILES string of the molecule is NC(=O)c1sc2ccccc2c1C1CN(S(=O)(=O)c2ccc(-c3ccccc3)cc2)CCO1. The molecular weight excluding hydrogens is 456 g/mol. The third kappa shape index (κ3) is 4.06. The van der Waals surface area contributed by atoms with Gasteiger partial charge in [0.25, 0.3) is 5.91 Å². The smallest absolute Gasteiger partial charge is 0.259 e. The average molecular weight is 479 g/mol. The molecule has 1 unspecified atom stereocenters. The van der Waals surface area contributed by atoms with Crippen LogP contribution < -0.4 is 5.73 Å². The first-order valence-corrected chi connectivity index (χ1v) is 12.8. The molecule has 6 nitrogen and oxygen atoms in total. The van der Waals surface area contributed by atoms with Crippen LogP contribution in [-0.2, 0) is 14.8 Å². The third-order valence-electron chi connectivity index (χ3n) is 5.81. The molecule has 0 saturated carbocycles. The zero-order valence-corrected chi connectivity index (χ0v) is 19.3. The van der Waals surface area contributed by atoms with Crippen LogP contribution in [0, 0.1) is 0 Å². The monoisotopic (exact) mass is 478 g/mol. The number of primary amides is 1. The lowest BCUT2D eigenvalue weighted by atomic mass is 10.0. The van der Waals surface area contributed by atoms with E-state index in [0.717, 1.165) is 21.2 Å². The van der Waals surface area contributed by atoms with Crippen LogP contribution in [0.3, 0.4) is 0 Å². The van der Waals surface area contributed by atoms with Crippen molar-refractivity contribution in [1.29, 1.82) is 0 Å². The second kappa shape index (κ2) is 8.72. The van der Waals surface area contributed by atoms with Crippen molar-refractivity contribution in [2.75, 3.05) is 19.7 Å². The van der Waals surface area contributed by atoms with Crippen molar-refractivity contribution < 1.29 is 17.9 Å². The van der Waals surface area contributed by atoms with E-state index >= 15 is 0 Å². The van der Waals surface area contributed by atoms with Gasteiger partial charge in [-0.3, -0.25) is 4.79 Å². The predicted molar refractivity (Wildman–Crippen MR) is 130 cm³/mol. The summed E-state index contributed by atoms with van der Waals surface area (Å²) >= 11 is 1.31. The van der Waals surface area contributed by atoms with Crippen LogP contribution in [0.4, 0.5) is 0 Å². The summed E-state index contributed by atoms with van der Waals surface area (Å²) in [5.41, 5.74) is 8.29. The molecule has 2 heterocycles. The van der Waals surface area contributed by atoms with Crippen LogP contribution in [0.2, 0.25) is 0 Å². The minimum atomic E-state index is -3.73. The normalized spacial score (nSPS) is 17.3. The summed E-state index contributed by atoms with van der Waals surface area (Å²) in [6.07, 6.45) is -0.573. The Morgan fingerprint density at radius 3 is 2.33 bits per heavy atom.